The van der Waals surface area contributed by atoms with Gasteiger partial charge in [-0.15, -0.1) is 0 Å². The Kier molecular flexibility index (Phi) is 4.21. The van der Waals surface area contributed by atoms with Crippen molar-refractivity contribution in [2.75, 3.05) is 12.0 Å². The third kappa shape index (κ3) is 2.86. The van der Waals surface area contributed by atoms with E-state index in [1.165, 1.54) is 40.6 Å². The van der Waals surface area contributed by atoms with Gasteiger partial charge in [0.1, 0.15) is 0 Å². The van der Waals surface area contributed by atoms with Gasteiger partial charge in [-0.1, -0.05) is 48.5 Å². The van der Waals surface area contributed by atoms with Crippen molar-refractivity contribution < 1.29 is 9.53 Å². The second-order valence-corrected chi connectivity index (χ2v) is 6.65. The number of nitrogens with zero attached hydrogens (tertiary/aromatic N) is 1. The summed E-state index contributed by atoms with van der Waals surface area (Å²) < 4.78 is 4.84. The summed E-state index contributed by atoms with van der Waals surface area (Å²) in [5, 5.41) is 0. The van der Waals surface area contributed by atoms with Crippen molar-refractivity contribution in [3.63, 3.8) is 0 Å². The molecule has 0 N–H and O–H groups in total. The molecule has 0 atom stereocenters. The minimum Gasteiger partial charge on any atom is -0.465 e. The van der Waals surface area contributed by atoms with E-state index in [9.17, 15) is 4.79 Å². The van der Waals surface area contributed by atoms with Crippen LogP contribution in [0.15, 0.2) is 66.7 Å². The highest BCUT2D eigenvalue weighted by Gasteiger charge is 2.22. The number of carbonyl (C=O) groups excluding carboxylic acids is 1. The molecule has 4 rings (SSSR count). The molecule has 3 nitrogen and oxygen atoms in total. The van der Waals surface area contributed by atoms with Crippen LogP contribution in [0.3, 0.4) is 0 Å². The number of hydrogen-bond acceptors (Lipinski definition) is 3. The van der Waals surface area contributed by atoms with Crippen molar-refractivity contribution in [3.8, 4) is 11.1 Å². The molecule has 0 spiro atoms. The first-order valence-electron chi connectivity index (χ1n) is 8.77. The summed E-state index contributed by atoms with van der Waals surface area (Å²) in [5.74, 6) is -0.284. The van der Waals surface area contributed by atoms with Crippen molar-refractivity contribution in [1.82, 2.24) is 0 Å². The molecule has 0 aromatic heterocycles. The van der Waals surface area contributed by atoms with Gasteiger partial charge in [-0.2, -0.15) is 0 Å². The third-order valence-electron chi connectivity index (χ3n) is 5.08. The highest BCUT2D eigenvalue weighted by molar-refractivity contribution is 5.89. The van der Waals surface area contributed by atoms with Crippen molar-refractivity contribution in [2.45, 2.75) is 20.0 Å². The lowest BCUT2D eigenvalue weighted by molar-refractivity contribution is 0.0600. The number of esters is 1. The van der Waals surface area contributed by atoms with E-state index in [4.69, 9.17) is 4.74 Å². The van der Waals surface area contributed by atoms with Gasteiger partial charge in [0, 0.05) is 18.8 Å². The summed E-state index contributed by atoms with van der Waals surface area (Å²) in [7, 11) is 1.42. The number of methoxy groups -OCH3 is 1. The normalized spacial score (nSPS) is 12.8. The molecule has 3 heteroatoms. The average Bonchev–Trinajstić information content (AvgIpc) is 3.11. The maximum atomic E-state index is 11.8. The van der Waals surface area contributed by atoms with E-state index in [1.807, 2.05) is 24.3 Å². The Labute approximate surface area is 153 Å². The van der Waals surface area contributed by atoms with Crippen LogP contribution in [-0.4, -0.2) is 13.1 Å². The molecule has 3 aromatic carbocycles. The monoisotopic (exact) mass is 343 g/mol. The summed E-state index contributed by atoms with van der Waals surface area (Å²) in [5.41, 5.74) is 8.08. The van der Waals surface area contributed by atoms with Crippen molar-refractivity contribution in [3.05, 3.63) is 89.0 Å². The Morgan fingerprint density at radius 3 is 2.46 bits per heavy atom. The average molecular weight is 343 g/mol. The van der Waals surface area contributed by atoms with Gasteiger partial charge in [0.05, 0.1) is 12.7 Å². The molecule has 1 aliphatic heterocycles. The van der Waals surface area contributed by atoms with Gasteiger partial charge in [-0.3, -0.25) is 0 Å². The minimum absolute atomic E-state index is 0.284. The maximum absolute atomic E-state index is 11.8. The molecule has 0 radical (unpaired) electrons. The molecule has 26 heavy (non-hydrogen) atoms. The Balaban J connectivity index is 1.66. The first-order valence-corrected chi connectivity index (χ1v) is 8.77. The SMILES string of the molecule is COC(=O)c1ccc2c(c1)CN(c1cccc(-c3ccccc3)c1C)C2. The predicted octanol–water partition coefficient (Wildman–Crippen LogP) is 4.97. The molecule has 0 saturated heterocycles. The number of hydrogen-bond donors (Lipinski definition) is 0. The van der Waals surface area contributed by atoms with Crippen LogP contribution in [0.1, 0.15) is 27.0 Å². The van der Waals surface area contributed by atoms with Crippen LogP contribution in [0.5, 0.6) is 0 Å². The summed E-state index contributed by atoms with van der Waals surface area (Å²) in [4.78, 5) is 14.2. The molecular weight excluding hydrogens is 322 g/mol. The van der Waals surface area contributed by atoms with Crippen LogP contribution in [-0.2, 0) is 17.8 Å². The summed E-state index contributed by atoms with van der Waals surface area (Å²) in [6.07, 6.45) is 0. The fraction of sp³-hybridized carbons (Fsp3) is 0.174. The first kappa shape index (κ1) is 16.4. The second-order valence-electron chi connectivity index (χ2n) is 6.65. The molecule has 0 bridgehead atoms. The standard InChI is InChI=1S/C23H21NO2/c1-16-21(17-7-4-3-5-8-17)9-6-10-22(16)24-14-19-12-11-18(23(25)26-2)13-20(19)15-24/h3-13H,14-15H2,1-2H3. The number of rotatable bonds is 3. The quantitative estimate of drug-likeness (QED) is 0.629. The van der Waals surface area contributed by atoms with Gasteiger partial charge in [-0.05, 0) is 52.9 Å². The van der Waals surface area contributed by atoms with Crippen LogP contribution < -0.4 is 4.90 Å². The Morgan fingerprint density at radius 1 is 0.923 bits per heavy atom. The number of anilines is 1. The van der Waals surface area contributed by atoms with Crippen molar-refractivity contribution >= 4 is 11.7 Å². The van der Waals surface area contributed by atoms with E-state index in [2.05, 4.69) is 54.3 Å². The fourth-order valence-electron chi connectivity index (χ4n) is 3.71. The Hall–Kier alpha value is -3.07. The fourth-order valence-corrected chi connectivity index (χ4v) is 3.71. The summed E-state index contributed by atoms with van der Waals surface area (Å²) >= 11 is 0. The van der Waals surface area contributed by atoms with Gasteiger partial charge in [0.15, 0.2) is 0 Å². The topological polar surface area (TPSA) is 29.5 Å². The zero-order valence-electron chi connectivity index (χ0n) is 15.0. The summed E-state index contributed by atoms with van der Waals surface area (Å²) in [6.45, 7) is 3.84. The zero-order valence-corrected chi connectivity index (χ0v) is 15.0. The molecule has 1 heterocycles. The molecule has 130 valence electrons. The molecule has 0 saturated carbocycles. The predicted molar refractivity (Wildman–Crippen MR) is 104 cm³/mol. The molecule has 0 amide bonds. The lowest BCUT2D eigenvalue weighted by atomic mass is 9.99. The van der Waals surface area contributed by atoms with E-state index in [0.717, 1.165) is 13.1 Å². The van der Waals surface area contributed by atoms with Gasteiger partial charge in [-0.25, -0.2) is 4.79 Å². The van der Waals surface area contributed by atoms with Crippen LogP contribution in [0, 0.1) is 6.92 Å². The van der Waals surface area contributed by atoms with Crippen molar-refractivity contribution in [2.24, 2.45) is 0 Å². The first-order chi connectivity index (χ1) is 12.7. The van der Waals surface area contributed by atoms with E-state index in [0.29, 0.717) is 5.56 Å². The Bertz CT molecular complexity index is 963. The highest BCUT2D eigenvalue weighted by atomic mass is 16.5. The second kappa shape index (κ2) is 6.68. The van der Waals surface area contributed by atoms with Gasteiger partial charge < -0.3 is 9.64 Å². The van der Waals surface area contributed by atoms with Gasteiger partial charge in [0.25, 0.3) is 0 Å². The molecule has 0 unspecified atom stereocenters. The van der Waals surface area contributed by atoms with E-state index >= 15 is 0 Å². The number of benzene rings is 3. The van der Waals surface area contributed by atoms with Crippen molar-refractivity contribution in [1.29, 1.82) is 0 Å². The Morgan fingerprint density at radius 2 is 1.69 bits per heavy atom. The molecule has 1 aliphatic rings. The largest absolute Gasteiger partial charge is 0.465 e. The minimum atomic E-state index is -0.284. The maximum Gasteiger partial charge on any atom is 0.337 e. The zero-order chi connectivity index (χ0) is 18.1. The molecular formula is C23H21NO2. The summed E-state index contributed by atoms with van der Waals surface area (Å²) in [6, 6.07) is 22.8. The third-order valence-corrected chi connectivity index (χ3v) is 5.08. The number of fused-ring (bicyclic) bond motifs is 1. The smallest absolute Gasteiger partial charge is 0.337 e. The van der Waals surface area contributed by atoms with E-state index in [1.54, 1.807) is 0 Å². The van der Waals surface area contributed by atoms with Crippen LogP contribution in [0.25, 0.3) is 11.1 Å². The lowest BCUT2D eigenvalue weighted by Gasteiger charge is -2.22. The molecule has 0 fully saturated rings. The van der Waals surface area contributed by atoms with Gasteiger partial charge >= 0.3 is 5.97 Å². The van der Waals surface area contributed by atoms with Crippen LogP contribution in [0.4, 0.5) is 5.69 Å². The molecule has 0 aliphatic carbocycles. The lowest BCUT2D eigenvalue weighted by Crippen LogP contribution is -2.15. The van der Waals surface area contributed by atoms with Gasteiger partial charge in [0.2, 0.25) is 0 Å². The van der Waals surface area contributed by atoms with Crippen LogP contribution in [0.2, 0.25) is 0 Å². The van der Waals surface area contributed by atoms with E-state index in [-0.39, 0.29) is 5.97 Å². The van der Waals surface area contributed by atoms with Crippen LogP contribution >= 0.6 is 0 Å². The highest BCUT2D eigenvalue weighted by Crippen LogP contribution is 2.35. The number of ether oxygens (including phenoxy) is 1. The van der Waals surface area contributed by atoms with E-state index < -0.39 is 0 Å². The molecule has 3 aromatic rings. The number of carbonyl (C=O) groups is 1.